The molecule has 1 aromatic heterocycles. The third-order valence-corrected chi connectivity index (χ3v) is 1.94. The lowest BCUT2D eigenvalue weighted by Gasteiger charge is -2.02. The van der Waals surface area contributed by atoms with Gasteiger partial charge in [-0.05, 0) is 12.1 Å². The maximum absolute atomic E-state index is 5.78. The summed E-state index contributed by atoms with van der Waals surface area (Å²) >= 11 is 0. The zero-order valence-electron chi connectivity index (χ0n) is 8.56. The highest BCUT2D eigenvalue weighted by atomic mass is 15.2. The first-order valence-electron chi connectivity index (χ1n) is 4.83. The van der Waals surface area contributed by atoms with Crippen LogP contribution in [0.2, 0.25) is 0 Å². The normalized spacial score (nSPS) is 12.8. The number of azo groups is 1. The molecule has 1 unspecified atom stereocenters. The van der Waals surface area contributed by atoms with E-state index in [4.69, 9.17) is 5.73 Å². The molecule has 80 valence electrons. The molecule has 0 aliphatic carbocycles. The van der Waals surface area contributed by atoms with Crippen molar-refractivity contribution in [3.63, 3.8) is 0 Å². The number of hydrogen-bond donors (Lipinski definition) is 1. The maximum atomic E-state index is 5.78. The Balaban J connectivity index is 2.08. The van der Waals surface area contributed by atoms with E-state index in [1.807, 2.05) is 30.3 Å². The molecule has 0 saturated carbocycles. The van der Waals surface area contributed by atoms with Gasteiger partial charge in [-0.15, -0.1) is 0 Å². The molecule has 16 heavy (non-hydrogen) atoms. The SMILES string of the molecule is NC(N=Nc1ccccc1)c1cnccn1. The predicted molar refractivity (Wildman–Crippen MR) is 59.9 cm³/mol. The van der Waals surface area contributed by atoms with Gasteiger partial charge in [-0.2, -0.15) is 10.2 Å². The molecule has 1 atom stereocenters. The molecule has 2 aromatic rings. The second kappa shape index (κ2) is 5.09. The van der Waals surface area contributed by atoms with E-state index in [0.29, 0.717) is 5.69 Å². The van der Waals surface area contributed by atoms with Gasteiger partial charge < -0.3 is 5.73 Å². The van der Waals surface area contributed by atoms with Crippen molar-refractivity contribution in [3.05, 3.63) is 54.6 Å². The van der Waals surface area contributed by atoms with Crippen LogP contribution in [-0.4, -0.2) is 9.97 Å². The topological polar surface area (TPSA) is 76.5 Å². The number of hydrogen-bond acceptors (Lipinski definition) is 5. The van der Waals surface area contributed by atoms with Crippen molar-refractivity contribution in [2.45, 2.75) is 6.17 Å². The van der Waals surface area contributed by atoms with Crippen LogP contribution < -0.4 is 5.73 Å². The fourth-order valence-electron chi connectivity index (χ4n) is 1.15. The van der Waals surface area contributed by atoms with Gasteiger partial charge in [-0.25, -0.2) is 0 Å². The second-order valence-corrected chi connectivity index (χ2v) is 3.13. The zero-order chi connectivity index (χ0) is 11.2. The summed E-state index contributed by atoms with van der Waals surface area (Å²) in [4.78, 5) is 7.97. The summed E-state index contributed by atoms with van der Waals surface area (Å²) in [5.41, 5.74) is 7.14. The van der Waals surface area contributed by atoms with Crippen molar-refractivity contribution in [1.82, 2.24) is 9.97 Å². The summed E-state index contributed by atoms with van der Waals surface area (Å²) < 4.78 is 0. The fourth-order valence-corrected chi connectivity index (χ4v) is 1.15. The van der Waals surface area contributed by atoms with E-state index in [1.165, 1.54) is 0 Å². The van der Waals surface area contributed by atoms with Crippen LogP contribution in [0.3, 0.4) is 0 Å². The van der Waals surface area contributed by atoms with E-state index in [9.17, 15) is 0 Å². The monoisotopic (exact) mass is 213 g/mol. The third-order valence-electron chi connectivity index (χ3n) is 1.94. The zero-order valence-corrected chi connectivity index (χ0v) is 8.56. The summed E-state index contributed by atoms with van der Waals surface area (Å²) in [5, 5.41) is 7.98. The van der Waals surface area contributed by atoms with Gasteiger partial charge in [0.2, 0.25) is 0 Å². The lowest BCUT2D eigenvalue weighted by Crippen LogP contribution is -2.08. The van der Waals surface area contributed by atoms with E-state index in [-0.39, 0.29) is 0 Å². The molecule has 0 fully saturated rings. The third kappa shape index (κ3) is 2.68. The molecule has 1 aromatic carbocycles. The second-order valence-electron chi connectivity index (χ2n) is 3.13. The Hall–Kier alpha value is -2.14. The number of aromatic nitrogens is 2. The molecule has 5 nitrogen and oxygen atoms in total. The minimum absolute atomic E-state index is 0.575. The van der Waals surface area contributed by atoms with E-state index in [1.54, 1.807) is 18.6 Å². The molecule has 0 spiro atoms. The molecule has 2 N–H and O–H groups in total. The molecule has 0 bridgehead atoms. The van der Waals surface area contributed by atoms with Gasteiger partial charge in [0.1, 0.15) is 0 Å². The van der Waals surface area contributed by atoms with Crippen LogP contribution in [0.4, 0.5) is 5.69 Å². The number of benzene rings is 1. The van der Waals surface area contributed by atoms with Gasteiger partial charge in [0.05, 0.1) is 17.6 Å². The number of nitrogens with two attached hydrogens (primary N) is 1. The smallest absolute Gasteiger partial charge is 0.163 e. The Morgan fingerprint density at radius 3 is 2.62 bits per heavy atom. The van der Waals surface area contributed by atoms with Crippen LogP contribution in [0.1, 0.15) is 11.9 Å². The van der Waals surface area contributed by atoms with Gasteiger partial charge in [0.15, 0.2) is 6.17 Å². The van der Waals surface area contributed by atoms with Crippen LogP contribution in [0, 0.1) is 0 Å². The van der Waals surface area contributed by atoms with E-state index >= 15 is 0 Å². The first-order chi connectivity index (χ1) is 7.86. The van der Waals surface area contributed by atoms with E-state index in [2.05, 4.69) is 20.2 Å². The van der Waals surface area contributed by atoms with Crippen molar-refractivity contribution < 1.29 is 0 Å². The molecule has 5 heteroatoms. The summed E-state index contributed by atoms with van der Waals surface area (Å²) in [6, 6.07) is 9.41. The van der Waals surface area contributed by atoms with Crippen molar-refractivity contribution in [3.8, 4) is 0 Å². The summed E-state index contributed by atoms with van der Waals surface area (Å²) in [6.45, 7) is 0. The van der Waals surface area contributed by atoms with Crippen molar-refractivity contribution in [1.29, 1.82) is 0 Å². The van der Waals surface area contributed by atoms with Crippen LogP contribution >= 0.6 is 0 Å². The molecular weight excluding hydrogens is 202 g/mol. The predicted octanol–water partition coefficient (Wildman–Crippen LogP) is 2.22. The van der Waals surface area contributed by atoms with Gasteiger partial charge in [-0.1, -0.05) is 18.2 Å². The average molecular weight is 213 g/mol. The molecule has 0 aliphatic rings. The van der Waals surface area contributed by atoms with Gasteiger partial charge in [0, 0.05) is 12.4 Å². The Morgan fingerprint density at radius 2 is 1.94 bits per heavy atom. The van der Waals surface area contributed by atoms with Crippen LogP contribution in [0.25, 0.3) is 0 Å². The van der Waals surface area contributed by atoms with Crippen LogP contribution in [0.5, 0.6) is 0 Å². The van der Waals surface area contributed by atoms with E-state index in [0.717, 1.165) is 5.69 Å². The maximum Gasteiger partial charge on any atom is 0.163 e. The minimum Gasteiger partial charge on any atom is -0.303 e. The van der Waals surface area contributed by atoms with Crippen molar-refractivity contribution in [2.75, 3.05) is 0 Å². The summed E-state index contributed by atoms with van der Waals surface area (Å²) in [5.74, 6) is 0. The standard InChI is InChI=1S/C11H11N5/c12-11(10-8-13-6-7-14-10)16-15-9-4-2-1-3-5-9/h1-8,11H,12H2. The van der Waals surface area contributed by atoms with Crippen LogP contribution in [-0.2, 0) is 0 Å². The first-order valence-corrected chi connectivity index (χ1v) is 4.83. The Morgan fingerprint density at radius 1 is 1.12 bits per heavy atom. The molecule has 2 rings (SSSR count). The lowest BCUT2D eigenvalue weighted by atomic mass is 10.3. The Bertz CT molecular complexity index is 454. The van der Waals surface area contributed by atoms with Gasteiger partial charge >= 0.3 is 0 Å². The van der Waals surface area contributed by atoms with Crippen LogP contribution in [0.15, 0.2) is 59.2 Å². The molecule has 0 amide bonds. The minimum atomic E-state index is -0.575. The largest absolute Gasteiger partial charge is 0.303 e. The highest BCUT2D eigenvalue weighted by Crippen LogP contribution is 2.14. The van der Waals surface area contributed by atoms with E-state index < -0.39 is 6.17 Å². The molecule has 1 heterocycles. The molecule has 0 radical (unpaired) electrons. The lowest BCUT2D eigenvalue weighted by molar-refractivity contribution is 0.696. The Labute approximate surface area is 93.1 Å². The summed E-state index contributed by atoms with van der Waals surface area (Å²) in [7, 11) is 0. The van der Waals surface area contributed by atoms with Crippen molar-refractivity contribution in [2.24, 2.45) is 16.0 Å². The van der Waals surface area contributed by atoms with Gasteiger partial charge in [0.25, 0.3) is 0 Å². The fraction of sp³-hybridized carbons (Fsp3) is 0.0909. The quantitative estimate of drug-likeness (QED) is 0.794. The van der Waals surface area contributed by atoms with Crippen molar-refractivity contribution >= 4 is 5.69 Å². The Kier molecular flexibility index (Phi) is 3.30. The molecule has 0 aliphatic heterocycles. The molecule has 0 saturated heterocycles. The highest BCUT2D eigenvalue weighted by Gasteiger charge is 2.04. The summed E-state index contributed by atoms with van der Waals surface area (Å²) in [6.07, 6.45) is 4.17. The van der Waals surface area contributed by atoms with Gasteiger partial charge in [-0.3, -0.25) is 9.97 Å². The first kappa shape index (κ1) is 10.4. The number of rotatable bonds is 3. The number of nitrogens with zero attached hydrogens (tertiary/aromatic N) is 4. The molecular formula is C11H11N5. The average Bonchev–Trinajstić information content (AvgIpc) is 2.38. The highest BCUT2D eigenvalue weighted by molar-refractivity contribution is 5.34.